The van der Waals surface area contributed by atoms with E-state index in [4.69, 9.17) is 16.9 Å². The summed E-state index contributed by atoms with van der Waals surface area (Å²) in [7, 11) is 0. The molecule has 0 radical (unpaired) electrons. The lowest BCUT2D eigenvalue weighted by Crippen LogP contribution is -2.14. The summed E-state index contributed by atoms with van der Waals surface area (Å²) in [6.45, 7) is 1.91. The predicted octanol–water partition coefficient (Wildman–Crippen LogP) is 3.20. The molecule has 6 heteroatoms. The second-order valence-corrected chi connectivity index (χ2v) is 5.14. The van der Waals surface area contributed by atoms with Crippen LogP contribution in [0.15, 0.2) is 36.4 Å². The van der Waals surface area contributed by atoms with Gasteiger partial charge < -0.3 is 10.5 Å². The Hall–Kier alpha value is -3.20. The number of benzene rings is 1. The van der Waals surface area contributed by atoms with Crippen molar-refractivity contribution in [3.05, 3.63) is 42.2 Å². The van der Waals surface area contributed by atoms with E-state index >= 15 is 0 Å². The van der Waals surface area contributed by atoms with E-state index in [0.29, 0.717) is 23.1 Å². The van der Waals surface area contributed by atoms with E-state index in [1.165, 1.54) is 12.1 Å². The molecule has 0 aliphatic heterocycles. The number of halogens is 1. The van der Waals surface area contributed by atoms with Gasteiger partial charge in [0.25, 0.3) is 0 Å². The summed E-state index contributed by atoms with van der Waals surface area (Å²) in [4.78, 5) is 12.8. The quantitative estimate of drug-likeness (QED) is 0.747. The minimum Gasteiger partial charge on any atom is -0.459 e. The first-order valence-corrected chi connectivity index (χ1v) is 7.43. The van der Waals surface area contributed by atoms with Gasteiger partial charge in [0, 0.05) is 5.56 Å². The second kappa shape index (κ2) is 6.50. The van der Waals surface area contributed by atoms with Gasteiger partial charge in [0.15, 0.2) is 11.6 Å². The molecule has 120 valence electrons. The number of pyridine rings is 1. The highest BCUT2D eigenvalue weighted by Gasteiger charge is 2.14. The maximum Gasteiger partial charge on any atom is 0.246 e. The molecule has 0 aliphatic rings. The van der Waals surface area contributed by atoms with Crippen LogP contribution < -0.4 is 10.5 Å². The molecule has 0 aliphatic carbocycles. The van der Waals surface area contributed by atoms with Crippen LogP contribution in [-0.4, -0.2) is 21.1 Å². The Labute approximate surface area is 138 Å². The first kappa shape index (κ1) is 15.7. The van der Waals surface area contributed by atoms with Crippen molar-refractivity contribution in [3.63, 3.8) is 0 Å². The van der Waals surface area contributed by atoms with Crippen molar-refractivity contribution >= 4 is 17.0 Å². The lowest BCUT2D eigenvalue weighted by Gasteiger charge is -2.13. The van der Waals surface area contributed by atoms with Gasteiger partial charge in [-0.2, -0.15) is 4.98 Å². The average molecular weight is 322 g/mol. The zero-order valence-electron chi connectivity index (χ0n) is 13.0. The minimum absolute atomic E-state index is 0.0840. The van der Waals surface area contributed by atoms with E-state index < -0.39 is 6.10 Å². The molecule has 0 amide bonds. The SMILES string of the molecule is C#CC(CC)Oc1nc(N)nc2ccc(-c3ccc(F)cc3)nc12. The van der Waals surface area contributed by atoms with Gasteiger partial charge in [0.2, 0.25) is 11.8 Å². The third-order valence-corrected chi connectivity index (χ3v) is 3.48. The molecule has 0 spiro atoms. The fourth-order valence-electron chi connectivity index (χ4n) is 2.24. The van der Waals surface area contributed by atoms with Crippen molar-refractivity contribution in [1.29, 1.82) is 0 Å². The van der Waals surface area contributed by atoms with Crippen LogP contribution in [0.4, 0.5) is 10.3 Å². The Morgan fingerprint density at radius 3 is 2.58 bits per heavy atom. The van der Waals surface area contributed by atoms with Crippen molar-refractivity contribution in [2.75, 3.05) is 5.73 Å². The standard InChI is InChI=1S/C18H15FN4O/c1-3-13(4-2)24-17-16-15(22-18(20)23-17)10-9-14(21-16)11-5-7-12(19)8-6-11/h1,5-10,13H,4H2,2H3,(H2,20,22,23). The topological polar surface area (TPSA) is 73.9 Å². The van der Waals surface area contributed by atoms with Crippen molar-refractivity contribution in [2.24, 2.45) is 0 Å². The Bertz CT molecular complexity index is 919. The van der Waals surface area contributed by atoms with Gasteiger partial charge in [-0.25, -0.2) is 14.4 Å². The molecule has 2 heterocycles. The Morgan fingerprint density at radius 2 is 1.92 bits per heavy atom. The largest absolute Gasteiger partial charge is 0.459 e. The molecule has 1 unspecified atom stereocenters. The monoisotopic (exact) mass is 322 g/mol. The van der Waals surface area contributed by atoms with Crippen LogP contribution in [0, 0.1) is 18.2 Å². The third kappa shape index (κ3) is 3.10. The maximum absolute atomic E-state index is 13.1. The lowest BCUT2D eigenvalue weighted by atomic mass is 10.1. The van der Waals surface area contributed by atoms with Gasteiger partial charge in [-0.3, -0.25) is 0 Å². The molecule has 0 saturated heterocycles. The molecule has 2 aromatic heterocycles. The van der Waals surface area contributed by atoms with Gasteiger partial charge in [-0.1, -0.05) is 12.8 Å². The van der Waals surface area contributed by atoms with Crippen LogP contribution in [0.1, 0.15) is 13.3 Å². The predicted molar refractivity (Wildman–Crippen MR) is 90.7 cm³/mol. The molecular weight excluding hydrogens is 307 g/mol. The molecular formula is C18H15FN4O. The first-order chi connectivity index (χ1) is 11.6. The number of aromatic nitrogens is 3. The summed E-state index contributed by atoms with van der Waals surface area (Å²) in [5.41, 5.74) is 8.15. The molecule has 3 rings (SSSR count). The number of nitrogens with two attached hydrogens (primary N) is 1. The van der Waals surface area contributed by atoms with Crippen LogP contribution in [-0.2, 0) is 0 Å². The number of nitrogen functional groups attached to an aromatic ring is 1. The number of ether oxygens (including phenoxy) is 1. The molecule has 3 aromatic rings. The van der Waals surface area contributed by atoms with Crippen LogP contribution in [0.2, 0.25) is 0 Å². The van der Waals surface area contributed by atoms with E-state index in [9.17, 15) is 4.39 Å². The molecule has 0 fully saturated rings. The molecule has 24 heavy (non-hydrogen) atoms. The zero-order valence-corrected chi connectivity index (χ0v) is 13.0. The number of hydrogen-bond donors (Lipinski definition) is 1. The zero-order chi connectivity index (χ0) is 17.1. The van der Waals surface area contributed by atoms with Crippen LogP contribution >= 0.6 is 0 Å². The summed E-state index contributed by atoms with van der Waals surface area (Å²) < 4.78 is 18.8. The highest BCUT2D eigenvalue weighted by Crippen LogP contribution is 2.26. The molecule has 1 atom stereocenters. The minimum atomic E-state index is -0.432. The van der Waals surface area contributed by atoms with E-state index in [-0.39, 0.29) is 17.6 Å². The number of fused-ring (bicyclic) bond motifs is 1. The van der Waals surface area contributed by atoms with E-state index in [0.717, 1.165) is 5.56 Å². The lowest BCUT2D eigenvalue weighted by molar-refractivity contribution is 0.247. The molecule has 2 N–H and O–H groups in total. The van der Waals surface area contributed by atoms with Crippen molar-refractivity contribution in [1.82, 2.24) is 15.0 Å². The van der Waals surface area contributed by atoms with Crippen LogP contribution in [0.3, 0.4) is 0 Å². The summed E-state index contributed by atoms with van der Waals surface area (Å²) in [5.74, 6) is 2.56. The van der Waals surface area contributed by atoms with Crippen molar-refractivity contribution in [2.45, 2.75) is 19.4 Å². The van der Waals surface area contributed by atoms with Crippen LogP contribution in [0.5, 0.6) is 5.88 Å². The normalized spacial score (nSPS) is 11.9. The Morgan fingerprint density at radius 1 is 1.17 bits per heavy atom. The number of rotatable bonds is 4. The molecule has 0 saturated carbocycles. The Kier molecular flexibility index (Phi) is 4.25. The number of hydrogen-bond acceptors (Lipinski definition) is 5. The van der Waals surface area contributed by atoms with E-state index in [1.807, 2.05) is 6.92 Å². The first-order valence-electron chi connectivity index (χ1n) is 7.43. The second-order valence-electron chi connectivity index (χ2n) is 5.14. The fraction of sp³-hybridized carbons (Fsp3) is 0.167. The molecule has 0 bridgehead atoms. The third-order valence-electron chi connectivity index (χ3n) is 3.48. The van der Waals surface area contributed by atoms with Gasteiger partial charge in [0.05, 0.1) is 11.2 Å². The van der Waals surface area contributed by atoms with Crippen molar-refractivity contribution < 1.29 is 9.13 Å². The van der Waals surface area contributed by atoms with E-state index in [2.05, 4.69) is 20.9 Å². The summed E-state index contributed by atoms with van der Waals surface area (Å²) in [6.07, 6.45) is 5.64. The fourth-order valence-corrected chi connectivity index (χ4v) is 2.24. The summed E-state index contributed by atoms with van der Waals surface area (Å²) in [6, 6.07) is 9.61. The summed E-state index contributed by atoms with van der Waals surface area (Å²) in [5, 5.41) is 0. The molecule has 1 aromatic carbocycles. The van der Waals surface area contributed by atoms with Gasteiger partial charge in [-0.15, -0.1) is 6.42 Å². The van der Waals surface area contributed by atoms with Gasteiger partial charge in [0.1, 0.15) is 5.82 Å². The van der Waals surface area contributed by atoms with Crippen molar-refractivity contribution in [3.8, 4) is 29.5 Å². The average Bonchev–Trinajstić information content (AvgIpc) is 2.59. The van der Waals surface area contributed by atoms with Crippen LogP contribution in [0.25, 0.3) is 22.3 Å². The summed E-state index contributed by atoms with van der Waals surface area (Å²) >= 11 is 0. The van der Waals surface area contributed by atoms with Gasteiger partial charge in [-0.05, 0) is 42.8 Å². The Balaban J connectivity index is 2.11. The number of anilines is 1. The van der Waals surface area contributed by atoms with Gasteiger partial charge >= 0.3 is 0 Å². The highest BCUT2D eigenvalue weighted by molar-refractivity contribution is 5.83. The van der Waals surface area contributed by atoms with E-state index in [1.54, 1.807) is 24.3 Å². The molecule has 5 nitrogen and oxygen atoms in total. The number of nitrogens with zero attached hydrogens (tertiary/aromatic N) is 3. The maximum atomic E-state index is 13.1. The number of terminal acetylenes is 1. The smallest absolute Gasteiger partial charge is 0.246 e. The highest BCUT2D eigenvalue weighted by atomic mass is 19.1.